The number of ether oxygens (including phenoxy) is 3. The number of halogens is 2. The molecule has 0 bridgehead atoms. The highest BCUT2D eigenvalue weighted by atomic mass is 35.5. The van der Waals surface area contributed by atoms with Gasteiger partial charge in [0.25, 0.3) is 0 Å². The Labute approximate surface area is 284 Å². The maximum Gasteiger partial charge on any atom is 0.237 e. The van der Waals surface area contributed by atoms with Gasteiger partial charge in [0.1, 0.15) is 11.5 Å². The average Bonchev–Trinajstić information content (AvgIpc) is 3.45. The fourth-order valence-corrected chi connectivity index (χ4v) is 7.60. The maximum atomic E-state index is 11.8. The van der Waals surface area contributed by atoms with Crippen LogP contribution in [0, 0.1) is 5.92 Å². The Kier molecular flexibility index (Phi) is 8.93. The Hall–Kier alpha value is -3.60. The second-order valence-electron chi connectivity index (χ2n) is 12.5. The van der Waals surface area contributed by atoms with E-state index in [0.29, 0.717) is 34.0 Å². The topological polar surface area (TPSA) is 89.9 Å². The number of carbonyl (C=O) groups is 1. The van der Waals surface area contributed by atoms with Gasteiger partial charge in [-0.2, -0.15) is 0 Å². The molecule has 2 aliphatic heterocycles. The van der Waals surface area contributed by atoms with E-state index in [1.165, 1.54) is 5.56 Å². The number of carbonyl (C=O) groups excluding carboxylic acids is 1. The van der Waals surface area contributed by atoms with Gasteiger partial charge in [-0.3, -0.25) is 19.6 Å². The van der Waals surface area contributed by atoms with E-state index in [1.807, 2.05) is 36.4 Å². The zero-order valence-electron chi connectivity index (χ0n) is 26.9. The van der Waals surface area contributed by atoms with Crippen LogP contribution < -0.4 is 9.47 Å². The molecular weight excluding hydrogens is 637 g/mol. The first-order chi connectivity index (χ1) is 22.8. The van der Waals surface area contributed by atoms with Crippen LogP contribution in [0.2, 0.25) is 10.0 Å². The lowest BCUT2D eigenvalue weighted by Gasteiger charge is -2.42. The number of hydrogen-bond acceptors (Lipinski definition) is 9. The third-order valence-corrected chi connectivity index (χ3v) is 10.5. The van der Waals surface area contributed by atoms with Crippen LogP contribution in [-0.4, -0.2) is 84.1 Å². The summed E-state index contributed by atoms with van der Waals surface area (Å²) in [5, 5.41) is 1.06. The summed E-state index contributed by atoms with van der Waals surface area (Å²) in [7, 11) is 4.99. The van der Waals surface area contributed by atoms with Crippen molar-refractivity contribution < 1.29 is 19.0 Å². The number of methoxy groups -OCH3 is 3. The van der Waals surface area contributed by atoms with Crippen LogP contribution in [-0.2, 0) is 22.5 Å². The quantitative estimate of drug-likeness (QED) is 0.186. The fraction of sp³-hybridized carbons (Fsp3) is 0.389. The first-order valence-corrected chi connectivity index (χ1v) is 16.6. The minimum Gasteiger partial charge on any atom is -0.481 e. The monoisotopic (exact) mass is 673 g/mol. The van der Waals surface area contributed by atoms with Crippen molar-refractivity contribution in [3.8, 4) is 45.4 Å². The molecule has 2 saturated heterocycles. The standard InChI is InChI=1S/C36H37Cl2N5O4/c1-20(44)22-15-43(16-22)31-12-11-21-13-28(40-36(47-4)32(21)31)26-9-5-7-24(33(26)37)25-8-6-10-27(34(25)38)29-14-39-30(35(41-29)46-3)19-42-17-23(18-42)45-2/h5-10,13-14,22-23,31H,11-12,15-19H2,1-4H3. The van der Waals surface area contributed by atoms with E-state index in [0.717, 1.165) is 78.2 Å². The van der Waals surface area contributed by atoms with E-state index in [1.54, 1.807) is 34.4 Å². The van der Waals surface area contributed by atoms with Crippen molar-refractivity contribution in [2.45, 2.75) is 38.5 Å². The van der Waals surface area contributed by atoms with Crippen molar-refractivity contribution in [3.05, 3.63) is 75.5 Å². The van der Waals surface area contributed by atoms with Crippen LogP contribution in [0.5, 0.6) is 11.8 Å². The van der Waals surface area contributed by atoms with Gasteiger partial charge in [-0.15, -0.1) is 0 Å². The van der Waals surface area contributed by atoms with Crippen LogP contribution >= 0.6 is 23.2 Å². The van der Waals surface area contributed by atoms with Crippen LogP contribution in [0.4, 0.5) is 0 Å². The van der Waals surface area contributed by atoms with Crippen molar-refractivity contribution in [1.82, 2.24) is 24.8 Å². The maximum absolute atomic E-state index is 11.8. The number of aryl methyl sites for hydroxylation is 1. The minimum atomic E-state index is 0.123. The molecule has 2 aromatic heterocycles. The zero-order valence-corrected chi connectivity index (χ0v) is 28.4. The van der Waals surface area contributed by atoms with Gasteiger partial charge in [0.15, 0.2) is 0 Å². The first-order valence-electron chi connectivity index (χ1n) is 15.8. The van der Waals surface area contributed by atoms with Gasteiger partial charge in [0, 0.05) is 79.6 Å². The third-order valence-electron chi connectivity index (χ3n) is 9.72. The molecule has 2 fully saturated rings. The highest BCUT2D eigenvalue weighted by molar-refractivity contribution is 6.39. The molecule has 0 radical (unpaired) electrons. The number of fused-ring (bicyclic) bond motifs is 1. The molecule has 0 spiro atoms. The number of hydrogen-bond donors (Lipinski definition) is 0. The van der Waals surface area contributed by atoms with Crippen LogP contribution in [0.1, 0.15) is 36.2 Å². The smallest absolute Gasteiger partial charge is 0.237 e. The summed E-state index contributed by atoms with van der Waals surface area (Å²) < 4.78 is 16.9. The summed E-state index contributed by atoms with van der Waals surface area (Å²) in [6.07, 6.45) is 3.88. The molecule has 11 heteroatoms. The molecule has 244 valence electrons. The Balaban J connectivity index is 1.18. The number of pyridine rings is 1. The van der Waals surface area contributed by atoms with Gasteiger partial charge in [-0.1, -0.05) is 59.6 Å². The van der Waals surface area contributed by atoms with Gasteiger partial charge >= 0.3 is 0 Å². The minimum absolute atomic E-state index is 0.123. The first kappa shape index (κ1) is 32.0. The molecule has 47 heavy (non-hydrogen) atoms. The lowest BCUT2D eigenvalue weighted by Crippen LogP contribution is -2.51. The van der Waals surface area contributed by atoms with Crippen molar-refractivity contribution in [3.63, 3.8) is 0 Å². The predicted molar refractivity (Wildman–Crippen MR) is 182 cm³/mol. The summed E-state index contributed by atoms with van der Waals surface area (Å²) in [5.41, 5.74) is 7.53. The number of Topliss-reactive ketones (excluding diaryl/α,β-unsaturated/α-hetero) is 1. The molecule has 3 aliphatic rings. The summed E-state index contributed by atoms with van der Waals surface area (Å²) in [5.74, 6) is 1.45. The molecular formula is C36H37Cl2N5O4. The molecule has 4 aromatic rings. The fourth-order valence-electron chi connectivity index (χ4n) is 6.95. The Bertz CT molecular complexity index is 1840. The molecule has 1 unspecified atom stereocenters. The highest BCUT2D eigenvalue weighted by Crippen LogP contribution is 2.47. The van der Waals surface area contributed by atoms with E-state index in [2.05, 4.69) is 15.9 Å². The molecule has 7 rings (SSSR count). The van der Waals surface area contributed by atoms with E-state index >= 15 is 0 Å². The Morgan fingerprint density at radius 3 is 2.11 bits per heavy atom. The molecule has 2 aromatic carbocycles. The molecule has 0 N–H and O–H groups in total. The lowest BCUT2D eigenvalue weighted by atomic mass is 9.92. The van der Waals surface area contributed by atoms with Crippen molar-refractivity contribution in [2.24, 2.45) is 5.92 Å². The van der Waals surface area contributed by atoms with Gasteiger partial charge in [-0.25, -0.2) is 9.97 Å². The Morgan fingerprint density at radius 1 is 0.872 bits per heavy atom. The number of aromatic nitrogens is 3. The summed E-state index contributed by atoms with van der Waals surface area (Å²) in [6, 6.07) is 14.0. The van der Waals surface area contributed by atoms with Crippen LogP contribution in [0.15, 0.2) is 48.7 Å². The van der Waals surface area contributed by atoms with E-state index in [-0.39, 0.29) is 23.8 Å². The van der Waals surface area contributed by atoms with Gasteiger partial charge < -0.3 is 14.2 Å². The molecule has 0 amide bonds. The largest absolute Gasteiger partial charge is 0.481 e. The molecule has 4 heterocycles. The molecule has 1 atom stereocenters. The highest BCUT2D eigenvalue weighted by Gasteiger charge is 2.40. The van der Waals surface area contributed by atoms with Gasteiger partial charge in [0.05, 0.1) is 48.0 Å². The van der Waals surface area contributed by atoms with E-state index < -0.39 is 0 Å². The van der Waals surface area contributed by atoms with Gasteiger partial charge in [0.2, 0.25) is 11.8 Å². The molecule has 9 nitrogen and oxygen atoms in total. The van der Waals surface area contributed by atoms with E-state index in [9.17, 15) is 4.79 Å². The zero-order chi connectivity index (χ0) is 32.8. The average molecular weight is 675 g/mol. The summed E-state index contributed by atoms with van der Waals surface area (Å²) >= 11 is 14.3. The number of benzene rings is 2. The third kappa shape index (κ3) is 5.89. The molecule has 0 saturated carbocycles. The number of ketones is 1. The Morgan fingerprint density at radius 2 is 1.49 bits per heavy atom. The van der Waals surface area contributed by atoms with Crippen molar-refractivity contribution >= 4 is 29.0 Å². The van der Waals surface area contributed by atoms with Crippen molar-refractivity contribution in [1.29, 1.82) is 0 Å². The van der Waals surface area contributed by atoms with Crippen LogP contribution in [0.25, 0.3) is 33.6 Å². The second kappa shape index (κ2) is 13.1. The van der Waals surface area contributed by atoms with Crippen molar-refractivity contribution in [2.75, 3.05) is 47.5 Å². The second-order valence-corrected chi connectivity index (χ2v) is 13.3. The summed E-state index contributed by atoms with van der Waals surface area (Å²) in [6.45, 7) is 5.59. The van der Waals surface area contributed by atoms with E-state index in [4.69, 9.17) is 52.4 Å². The SMILES string of the molecule is COc1nc(-c2cccc(-c3cccc(-c4cc5c(c(OC)n4)C(N4CC(C(C)=O)C4)CC5)c3Cl)c2Cl)cnc1CN1CC(OC)C1. The summed E-state index contributed by atoms with van der Waals surface area (Å²) in [4.78, 5) is 30.9. The number of likely N-dealkylation sites (tertiary alicyclic amines) is 2. The van der Waals surface area contributed by atoms with Gasteiger partial charge in [-0.05, 0) is 31.4 Å². The molecule has 1 aliphatic carbocycles. The predicted octanol–water partition coefficient (Wildman–Crippen LogP) is 6.54. The lowest BCUT2D eigenvalue weighted by molar-refractivity contribution is -0.127. The number of rotatable bonds is 10. The number of nitrogens with zero attached hydrogens (tertiary/aromatic N) is 5. The van der Waals surface area contributed by atoms with Crippen LogP contribution in [0.3, 0.4) is 0 Å². The normalized spacial score (nSPS) is 18.5.